The summed E-state index contributed by atoms with van der Waals surface area (Å²) in [5.74, 6) is 0.515. The van der Waals surface area contributed by atoms with Gasteiger partial charge < -0.3 is 4.74 Å². The lowest BCUT2D eigenvalue weighted by Crippen LogP contribution is -2.36. The van der Waals surface area contributed by atoms with E-state index in [9.17, 15) is 16.8 Å². The van der Waals surface area contributed by atoms with Crippen molar-refractivity contribution in [3.05, 3.63) is 22.2 Å². The van der Waals surface area contributed by atoms with E-state index >= 15 is 0 Å². The van der Waals surface area contributed by atoms with Crippen LogP contribution >= 0.6 is 15.9 Å². The molecule has 1 saturated heterocycles. The molecule has 1 aromatic carbocycles. The molecule has 2 aliphatic heterocycles. The second kappa shape index (κ2) is 6.32. The molecule has 7 nitrogen and oxygen atoms in total. The Morgan fingerprint density at radius 2 is 2.13 bits per heavy atom. The summed E-state index contributed by atoms with van der Waals surface area (Å²) in [5, 5.41) is 0. The number of nitrogens with one attached hydrogen (secondary N) is 1. The number of benzene rings is 1. The van der Waals surface area contributed by atoms with Crippen LogP contribution in [0.5, 0.6) is 5.75 Å². The van der Waals surface area contributed by atoms with E-state index < -0.39 is 20.0 Å². The maximum Gasteiger partial charge on any atom is 0.244 e. The Labute approximate surface area is 144 Å². The molecule has 23 heavy (non-hydrogen) atoms. The number of sulfonamides is 2. The summed E-state index contributed by atoms with van der Waals surface area (Å²) in [6, 6.07) is 3.34. The Hall–Kier alpha value is -0.680. The van der Waals surface area contributed by atoms with Crippen LogP contribution in [0.15, 0.2) is 21.5 Å². The van der Waals surface area contributed by atoms with Gasteiger partial charge in [0.25, 0.3) is 0 Å². The molecular formula is C13H17BrN2O5S2. The van der Waals surface area contributed by atoms with Crippen LogP contribution in [-0.2, 0) is 26.5 Å². The van der Waals surface area contributed by atoms with Gasteiger partial charge in [0.2, 0.25) is 20.0 Å². The number of hydrogen-bond acceptors (Lipinski definition) is 5. The molecule has 0 aliphatic carbocycles. The molecule has 128 valence electrons. The van der Waals surface area contributed by atoms with Gasteiger partial charge in [-0.05, 0) is 18.6 Å². The van der Waals surface area contributed by atoms with Crippen molar-refractivity contribution in [3.8, 4) is 5.75 Å². The van der Waals surface area contributed by atoms with Crippen LogP contribution in [0.25, 0.3) is 0 Å². The fraction of sp³-hybridized carbons (Fsp3) is 0.538. The molecule has 2 aliphatic rings. The molecule has 0 amide bonds. The van der Waals surface area contributed by atoms with Crippen molar-refractivity contribution in [1.29, 1.82) is 0 Å². The normalized spacial score (nSPS) is 20.4. The predicted molar refractivity (Wildman–Crippen MR) is 88.5 cm³/mol. The minimum Gasteiger partial charge on any atom is -0.492 e. The topological polar surface area (TPSA) is 92.8 Å². The highest BCUT2D eigenvalue weighted by atomic mass is 79.9. The zero-order valence-electron chi connectivity index (χ0n) is 12.3. The van der Waals surface area contributed by atoms with E-state index in [1.54, 1.807) is 0 Å². The molecule has 2 heterocycles. The molecule has 1 aromatic rings. The van der Waals surface area contributed by atoms with E-state index in [1.165, 1.54) is 10.4 Å². The SMILES string of the molecule is O=S(=O)(NCCN1CCCS1(=O)=O)c1cc(Br)cc2c1OCC2. The lowest BCUT2D eigenvalue weighted by molar-refractivity contribution is 0.348. The van der Waals surface area contributed by atoms with Crippen LogP contribution in [-0.4, -0.2) is 53.1 Å². The monoisotopic (exact) mass is 424 g/mol. The number of nitrogens with zero attached hydrogens (tertiary/aromatic N) is 1. The standard InChI is InChI=1S/C13H17BrN2O5S2/c14-11-8-10-2-6-21-13(10)12(9-11)23(19,20)15-3-5-16-4-1-7-22(16,17)18/h8-9,15H,1-7H2. The van der Waals surface area contributed by atoms with Gasteiger partial charge >= 0.3 is 0 Å². The third-order valence-electron chi connectivity index (χ3n) is 3.86. The van der Waals surface area contributed by atoms with Crippen LogP contribution in [0.2, 0.25) is 0 Å². The molecule has 0 radical (unpaired) electrons. The second-order valence-corrected chi connectivity index (χ2v) is 10.2. The van der Waals surface area contributed by atoms with Crippen molar-refractivity contribution in [2.45, 2.75) is 17.7 Å². The van der Waals surface area contributed by atoms with Gasteiger partial charge in [-0.25, -0.2) is 25.9 Å². The van der Waals surface area contributed by atoms with Crippen LogP contribution < -0.4 is 9.46 Å². The van der Waals surface area contributed by atoms with E-state index in [0.717, 1.165) is 5.56 Å². The van der Waals surface area contributed by atoms with Gasteiger partial charge in [0.05, 0.1) is 12.4 Å². The molecule has 0 unspecified atom stereocenters. The molecule has 1 N–H and O–H groups in total. The first kappa shape index (κ1) is 17.2. The quantitative estimate of drug-likeness (QED) is 0.750. The predicted octanol–water partition coefficient (Wildman–Crippen LogP) is 0.698. The number of fused-ring (bicyclic) bond motifs is 1. The van der Waals surface area contributed by atoms with Gasteiger partial charge in [-0.2, -0.15) is 0 Å². The van der Waals surface area contributed by atoms with Crippen molar-refractivity contribution < 1.29 is 21.6 Å². The smallest absolute Gasteiger partial charge is 0.244 e. The number of halogens is 1. The molecule has 0 spiro atoms. The highest BCUT2D eigenvalue weighted by Gasteiger charge is 2.29. The maximum absolute atomic E-state index is 12.5. The minimum atomic E-state index is -3.76. The fourth-order valence-electron chi connectivity index (χ4n) is 2.76. The van der Waals surface area contributed by atoms with Crippen LogP contribution in [0, 0.1) is 0 Å². The Balaban J connectivity index is 1.73. The van der Waals surface area contributed by atoms with E-state index in [1.807, 2.05) is 6.07 Å². The van der Waals surface area contributed by atoms with Crippen LogP contribution in [0.4, 0.5) is 0 Å². The molecular weight excluding hydrogens is 408 g/mol. The summed E-state index contributed by atoms with van der Waals surface area (Å²) in [7, 11) is -6.98. The van der Waals surface area contributed by atoms with Crippen molar-refractivity contribution in [2.24, 2.45) is 0 Å². The summed E-state index contributed by atoms with van der Waals surface area (Å²) in [6.07, 6.45) is 1.26. The van der Waals surface area contributed by atoms with E-state index in [4.69, 9.17) is 4.74 Å². The number of ether oxygens (including phenoxy) is 1. The summed E-state index contributed by atoms with van der Waals surface area (Å²) in [6.45, 7) is 1.07. The molecule has 1 fully saturated rings. The average Bonchev–Trinajstić information content (AvgIpc) is 3.04. The third-order valence-corrected chi connectivity index (χ3v) is 7.74. The molecule has 0 atom stereocenters. The fourth-order valence-corrected chi connectivity index (χ4v) is 6.18. The first-order valence-electron chi connectivity index (χ1n) is 7.22. The lowest BCUT2D eigenvalue weighted by Gasteiger charge is -2.15. The summed E-state index contributed by atoms with van der Waals surface area (Å²) < 4.78 is 58.3. The van der Waals surface area contributed by atoms with Gasteiger partial charge in [0, 0.05) is 36.1 Å². The molecule has 3 rings (SSSR count). The van der Waals surface area contributed by atoms with E-state index in [0.29, 0.717) is 36.2 Å². The molecule has 10 heteroatoms. The van der Waals surface area contributed by atoms with Gasteiger partial charge in [-0.1, -0.05) is 15.9 Å². The molecule has 0 saturated carbocycles. The van der Waals surface area contributed by atoms with Crippen LogP contribution in [0.1, 0.15) is 12.0 Å². The number of rotatable bonds is 5. The van der Waals surface area contributed by atoms with Crippen molar-refractivity contribution in [2.75, 3.05) is 32.0 Å². The first-order chi connectivity index (χ1) is 10.8. The Kier molecular flexibility index (Phi) is 4.71. The molecule has 0 bridgehead atoms. The van der Waals surface area contributed by atoms with Crippen molar-refractivity contribution >= 4 is 36.0 Å². The highest BCUT2D eigenvalue weighted by Crippen LogP contribution is 2.35. The summed E-state index contributed by atoms with van der Waals surface area (Å²) in [5.41, 5.74) is 0.849. The third kappa shape index (κ3) is 3.55. The maximum atomic E-state index is 12.5. The largest absolute Gasteiger partial charge is 0.492 e. The van der Waals surface area contributed by atoms with Crippen molar-refractivity contribution in [1.82, 2.24) is 9.03 Å². The van der Waals surface area contributed by atoms with E-state index in [2.05, 4.69) is 20.7 Å². The van der Waals surface area contributed by atoms with E-state index in [-0.39, 0.29) is 23.7 Å². The van der Waals surface area contributed by atoms with Gasteiger partial charge in [0.15, 0.2) is 0 Å². The Morgan fingerprint density at radius 3 is 2.83 bits per heavy atom. The zero-order chi connectivity index (χ0) is 16.7. The number of hydrogen-bond donors (Lipinski definition) is 1. The zero-order valence-corrected chi connectivity index (χ0v) is 15.5. The highest BCUT2D eigenvalue weighted by molar-refractivity contribution is 9.10. The summed E-state index contributed by atoms with van der Waals surface area (Å²) in [4.78, 5) is 0.0867. The van der Waals surface area contributed by atoms with Crippen molar-refractivity contribution in [3.63, 3.8) is 0 Å². The Morgan fingerprint density at radius 1 is 1.35 bits per heavy atom. The van der Waals surface area contributed by atoms with Crippen LogP contribution in [0.3, 0.4) is 0 Å². The average molecular weight is 425 g/mol. The Bertz CT molecular complexity index is 823. The second-order valence-electron chi connectivity index (χ2n) is 5.46. The van der Waals surface area contributed by atoms with Gasteiger partial charge in [-0.3, -0.25) is 0 Å². The minimum absolute atomic E-state index is 0.0306. The molecule has 0 aromatic heterocycles. The summed E-state index contributed by atoms with van der Waals surface area (Å²) >= 11 is 3.31. The van der Waals surface area contributed by atoms with Gasteiger partial charge in [0.1, 0.15) is 10.6 Å². The lowest BCUT2D eigenvalue weighted by atomic mass is 10.2. The first-order valence-corrected chi connectivity index (χ1v) is 11.1. The van der Waals surface area contributed by atoms with Gasteiger partial charge in [-0.15, -0.1) is 0 Å².